The van der Waals surface area contributed by atoms with Crippen LogP contribution in [0.25, 0.3) is 0 Å². The van der Waals surface area contributed by atoms with Gasteiger partial charge >= 0.3 is 11.9 Å². The van der Waals surface area contributed by atoms with Crippen LogP contribution in [-0.4, -0.2) is 75.5 Å². The predicted octanol–water partition coefficient (Wildman–Crippen LogP) is 6.96. The van der Waals surface area contributed by atoms with Gasteiger partial charge in [-0.15, -0.1) is 0 Å². The van der Waals surface area contributed by atoms with Crippen LogP contribution in [-0.2, 0) is 28.6 Å². The summed E-state index contributed by atoms with van der Waals surface area (Å²) < 4.78 is 16.8. The minimum Gasteiger partial charge on any atom is -0.544 e. The number of aliphatic carboxylic acids is 1. The normalized spacial score (nSPS) is 13.8. The number of carbonyl (C=O) groups excluding carboxylic acids is 3. The maximum atomic E-state index is 12.5. The molecule has 46 heavy (non-hydrogen) atoms. The summed E-state index contributed by atoms with van der Waals surface area (Å²) in [6.45, 7) is 4.35. The second-order valence-corrected chi connectivity index (χ2v) is 12.4. The van der Waals surface area contributed by atoms with E-state index >= 15 is 0 Å². The van der Waals surface area contributed by atoms with Gasteiger partial charge in [-0.05, 0) is 38.5 Å². The van der Waals surface area contributed by atoms with Gasteiger partial charge in [0.15, 0.2) is 6.10 Å². The lowest BCUT2D eigenvalue weighted by molar-refractivity contribution is -0.889. The first-order valence-corrected chi connectivity index (χ1v) is 17.3. The molecule has 0 saturated carbocycles. The predicted molar refractivity (Wildman–Crippen MR) is 185 cm³/mol. The van der Waals surface area contributed by atoms with Crippen molar-refractivity contribution in [3.05, 3.63) is 60.8 Å². The summed E-state index contributed by atoms with van der Waals surface area (Å²) in [6, 6.07) is -0.740. The second-order valence-electron chi connectivity index (χ2n) is 12.4. The average Bonchev–Trinajstić information content (AvgIpc) is 3.00. The molecule has 0 fully saturated rings. The van der Waals surface area contributed by atoms with Gasteiger partial charge in [0.1, 0.15) is 12.6 Å². The van der Waals surface area contributed by atoms with Crippen LogP contribution >= 0.6 is 0 Å². The Morgan fingerprint density at radius 2 is 1.20 bits per heavy atom. The van der Waals surface area contributed by atoms with Gasteiger partial charge in [-0.1, -0.05) is 113 Å². The molecule has 0 heterocycles. The molecule has 8 heteroatoms. The lowest BCUT2D eigenvalue weighted by Gasteiger charge is -2.34. The molecule has 0 aromatic heterocycles. The van der Waals surface area contributed by atoms with E-state index in [1.165, 1.54) is 25.7 Å². The van der Waals surface area contributed by atoms with Crippen LogP contribution in [0.3, 0.4) is 0 Å². The Labute approximate surface area is 279 Å². The largest absolute Gasteiger partial charge is 0.544 e. The number of unbranched alkanes of at least 4 members (excludes halogenated alkanes) is 6. The number of nitrogens with zero attached hydrogens (tertiary/aromatic N) is 1. The zero-order chi connectivity index (χ0) is 34.3. The van der Waals surface area contributed by atoms with Crippen molar-refractivity contribution in [1.29, 1.82) is 0 Å². The van der Waals surface area contributed by atoms with Crippen molar-refractivity contribution in [2.75, 3.05) is 41.0 Å². The fourth-order valence-electron chi connectivity index (χ4n) is 4.50. The Morgan fingerprint density at radius 1 is 0.674 bits per heavy atom. The van der Waals surface area contributed by atoms with Crippen LogP contribution in [0.2, 0.25) is 0 Å². The first-order chi connectivity index (χ1) is 22.1. The van der Waals surface area contributed by atoms with Crippen molar-refractivity contribution in [1.82, 2.24) is 0 Å². The van der Waals surface area contributed by atoms with Crippen LogP contribution < -0.4 is 5.11 Å². The van der Waals surface area contributed by atoms with Gasteiger partial charge in [0.05, 0.1) is 46.7 Å². The minimum atomic E-state index is -1.14. The van der Waals surface area contributed by atoms with Crippen LogP contribution in [0.5, 0.6) is 0 Å². The van der Waals surface area contributed by atoms with Crippen LogP contribution in [0.15, 0.2) is 60.8 Å². The number of quaternary nitrogens is 1. The number of carboxylic acid groups (broad SMARTS) is 1. The van der Waals surface area contributed by atoms with Gasteiger partial charge in [0.25, 0.3) is 0 Å². The molecule has 0 aromatic carbocycles. The summed E-state index contributed by atoms with van der Waals surface area (Å²) in [7, 11) is 5.35. The molecular weight excluding hydrogens is 582 g/mol. The van der Waals surface area contributed by atoms with E-state index in [-0.39, 0.29) is 43.1 Å². The maximum Gasteiger partial charge on any atom is 0.310 e. The standard InChI is InChI=1S/C38H63NO7/c1-6-8-10-12-14-15-16-17-18-19-20-21-23-25-27-29-37(41)46-34(32-44-31-30-35(38(42)43)39(3,4)5)33-45-36(40)28-26-24-22-13-11-9-7-2/h8,10,14-15,17-18,20-21,25,27,34-35H,6-7,9,11-13,16,19,22-24,26,28-33H2,1-5H3/b10-8-,15-14-,18-17-,21-20-,27-25-. The highest BCUT2D eigenvalue weighted by atomic mass is 16.6. The first-order valence-electron chi connectivity index (χ1n) is 17.3. The van der Waals surface area contributed by atoms with Crippen LogP contribution in [0.1, 0.15) is 110 Å². The Morgan fingerprint density at radius 3 is 1.72 bits per heavy atom. The highest BCUT2D eigenvalue weighted by Gasteiger charge is 2.25. The third kappa shape index (κ3) is 27.3. The van der Waals surface area contributed by atoms with E-state index in [0.717, 1.165) is 44.9 Å². The molecule has 0 saturated heterocycles. The van der Waals surface area contributed by atoms with Gasteiger partial charge < -0.3 is 28.6 Å². The fourth-order valence-corrected chi connectivity index (χ4v) is 4.50. The Hall–Kier alpha value is -2.97. The molecular formula is C38H63NO7. The molecule has 0 radical (unpaired) electrons. The van der Waals surface area contributed by atoms with E-state index in [1.54, 1.807) is 27.2 Å². The molecule has 2 unspecified atom stereocenters. The molecule has 0 rings (SSSR count). The van der Waals surface area contributed by atoms with E-state index in [4.69, 9.17) is 14.2 Å². The van der Waals surface area contributed by atoms with Crippen molar-refractivity contribution >= 4 is 17.9 Å². The minimum absolute atomic E-state index is 0.000967. The van der Waals surface area contributed by atoms with Crippen molar-refractivity contribution < 1.29 is 38.2 Å². The number of hydrogen-bond acceptors (Lipinski definition) is 7. The average molecular weight is 646 g/mol. The summed E-state index contributed by atoms with van der Waals surface area (Å²) in [5.41, 5.74) is 0. The number of likely N-dealkylation sites (N-methyl/N-ethyl adjacent to an activating group) is 1. The monoisotopic (exact) mass is 645 g/mol. The Kier molecular flexibility index (Phi) is 27.5. The summed E-state index contributed by atoms with van der Waals surface area (Å²) in [5.74, 6) is -1.91. The Bertz CT molecular complexity index is 943. The molecule has 0 spiro atoms. The van der Waals surface area contributed by atoms with Crippen molar-refractivity contribution in [2.24, 2.45) is 0 Å². The molecule has 0 amide bonds. The molecule has 262 valence electrons. The molecule has 0 aliphatic carbocycles. The number of hydrogen-bond donors (Lipinski definition) is 0. The number of ether oxygens (including phenoxy) is 3. The highest BCUT2D eigenvalue weighted by Crippen LogP contribution is 2.11. The van der Waals surface area contributed by atoms with Crippen LogP contribution in [0, 0.1) is 0 Å². The molecule has 2 atom stereocenters. The van der Waals surface area contributed by atoms with Crippen molar-refractivity contribution in [2.45, 2.75) is 122 Å². The number of esters is 2. The molecule has 8 nitrogen and oxygen atoms in total. The molecule has 0 N–H and O–H groups in total. The summed E-state index contributed by atoms with van der Waals surface area (Å²) in [6.07, 6.45) is 32.9. The zero-order valence-electron chi connectivity index (χ0n) is 29.5. The number of carboxylic acids is 1. The van der Waals surface area contributed by atoms with Crippen molar-refractivity contribution in [3.8, 4) is 0 Å². The van der Waals surface area contributed by atoms with Gasteiger partial charge in [0, 0.05) is 12.8 Å². The smallest absolute Gasteiger partial charge is 0.310 e. The van der Waals surface area contributed by atoms with Gasteiger partial charge in [-0.3, -0.25) is 9.59 Å². The van der Waals surface area contributed by atoms with Gasteiger partial charge in [-0.2, -0.15) is 0 Å². The van der Waals surface area contributed by atoms with Crippen LogP contribution in [0.4, 0.5) is 0 Å². The number of carbonyl (C=O) groups is 3. The molecule has 0 aromatic rings. The quantitative estimate of drug-likeness (QED) is 0.0375. The van der Waals surface area contributed by atoms with E-state index < -0.39 is 24.1 Å². The number of rotatable bonds is 29. The van der Waals surface area contributed by atoms with Gasteiger partial charge in [0.2, 0.25) is 0 Å². The molecule has 0 aliphatic rings. The third-order valence-corrected chi connectivity index (χ3v) is 7.20. The molecule has 0 bridgehead atoms. The second kappa shape index (κ2) is 29.4. The number of allylic oxidation sites excluding steroid dienone is 9. The summed E-state index contributed by atoms with van der Waals surface area (Å²) in [4.78, 5) is 36.3. The zero-order valence-corrected chi connectivity index (χ0v) is 29.5. The van der Waals surface area contributed by atoms with E-state index in [0.29, 0.717) is 12.8 Å². The summed E-state index contributed by atoms with van der Waals surface area (Å²) >= 11 is 0. The first kappa shape index (κ1) is 43.0. The third-order valence-electron chi connectivity index (χ3n) is 7.20. The topological polar surface area (TPSA) is 102 Å². The fraction of sp³-hybridized carbons (Fsp3) is 0.658. The maximum absolute atomic E-state index is 12.5. The van der Waals surface area contributed by atoms with E-state index in [1.807, 2.05) is 6.08 Å². The lowest BCUT2D eigenvalue weighted by atomic mass is 10.1. The lowest BCUT2D eigenvalue weighted by Crippen LogP contribution is -2.55. The highest BCUT2D eigenvalue weighted by molar-refractivity contribution is 5.71. The summed E-state index contributed by atoms with van der Waals surface area (Å²) in [5, 5.41) is 11.5. The van der Waals surface area contributed by atoms with Crippen molar-refractivity contribution in [3.63, 3.8) is 0 Å². The van der Waals surface area contributed by atoms with Gasteiger partial charge in [-0.25, -0.2) is 0 Å². The van der Waals surface area contributed by atoms with E-state index in [2.05, 4.69) is 62.5 Å². The SMILES string of the molecule is CC/C=C\C/C=C\C/C=C\C/C=C\C/C=C\CC(=O)OC(COCCC(C(=O)[O-])[N+](C)(C)C)COC(=O)CCCCCCCCC. The van der Waals surface area contributed by atoms with E-state index in [9.17, 15) is 19.5 Å². The Balaban J connectivity index is 4.63. The molecule has 0 aliphatic heterocycles.